The Labute approximate surface area is 103 Å². The van der Waals surface area contributed by atoms with E-state index in [1.807, 2.05) is 25.1 Å². The maximum atomic E-state index is 11.5. The van der Waals surface area contributed by atoms with E-state index in [2.05, 4.69) is 12.1 Å². The molecule has 3 nitrogen and oxygen atoms in total. The van der Waals surface area contributed by atoms with Gasteiger partial charge in [-0.1, -0.05) is 37.3 Å². The topological polar surface area (TPSA) is 52.3 Å². The highest BCUT2D eigenvalue weighted by Crippen LogP contribution is 2.05. The Morgan fingerprint density at radius 1 is 1.35 bits per heavy atom. The number of nitrogens with two attached hydrogens (primary N) is 1. The average molecular weight is 235 g/mol. The number of carbonyl (C=O) groups is 1. The highest BCUT2D eigenvalue weighted by Gasteiger charge is 2.12. The van der Waals surface area contributed by atoms with Crippen LogP contribution in [0.3, 0.4) is 0 Å². The monoisotopic (exact) mass is 235 g/mol. The van der Waals surface area contributed by atoms with Gasteiger partial charge in [-0.15, -0.1) is 0 Å². The zero-order valence-electron chi connectivity index (χ0n) is 10.4. The molecule has 0 aliphatic carbocycles. The molecule has 17 heavy (non-hydrogen) atoms. The molecule has 1 aromatic carbocycles. The number of ether oxygens (including phenoxy) is 1. The predicted molar refractivity (Wildman–Crippen MR) is 68.6 cm³/mol. The molecular formula is C14H21NO2. The maximum Gasteiger partial charge on any atom is 0.308 e. The van der Waals surface area contributed by atoms with Crippen LogP contribution in [0.5, 0.6) is 0 Å². The van der Waals surface area contributed by atoms with Gasteiger partial charge in [-0.2, -0.15) is 0 Å². The number of benzene rings is 1. The predicted octanol–water partition coefficient (Wildman–Crippen LogP) is 2.15. The van der Waals surface area contributed by atoms with Gasteiger partial charge in [-0.05, 0) is 31.4 Å². The van der Waals surface area contributed by atoms with Gasteiger partial charge >= 0.3 is 5.97 Å². The minimum absolute atomic E-state index is 0.0864. The van der Waals surface area contributed by atoms with E-state index in [-0.39, 0.29) is 11.9 Å². The summed E-state index contributed by atoms with van der Waals surface area (Å²) in [4.78, 5) is 11.5. The first kappa shape index (κ1) is 13.7. The number of hydrogen-bond donors (Lipinski definition) is 1. The van der Waals surface area contributed by atoms with Crippen LogP contribution in [-0.4, -0.2) is 19.1 Å². The summed E-state index contributed by atoms with van der Waals surface area (Å²) in [6.07, 6.45) is 2.50. The maximum absolute atomic E-state index is 11.5. The molecule has 1 atom stereocenters. The third-order valence-electron chi connectivity index (χ3n) is 2.70. The quantitative estimate of drug-likeness (QED) is 0.582. The number of esters is 1. The minimum Gasteiger partial charge on any atom is -0.465 e. The van der Waals surface area contributed by atoms with Gasteiger partial charge in [0.15, 0.2) is 0 Å². The van der Waals surface area contributed by atoms with Gasteiger partial charge in [0, 0.05) is 0 Å². The standard InChI is InChI=1S/C14H21NO2/c1-12(9-10-15)14(16)17-11-5-8-13-6-3-2-4-7-13/h2-4,6-7,12H,5,8-11,15H2,1H3. The average Bonchev–Trinajstić information content (AvgIpc) is 2.36. The van der Waals surface area contributed by atoms with Crippen molar-refractivity contribution in [3.8, 4) is 0 Å². The van der Waals surface area contributed by atoms with E-state index in [1.165, 1.54) is 5.56 Å². The van der Waals surface area contributed by atoms with Crippen LogP contribution in [0.15, 0.2) is 30.3 Å². The normalized spacial score (nSPS) is 12.1. The van der Waals surface area contributed by atoms with Crippen molar-refractivity contribution in [3.63, 3.8) is 0 Å². The Morgan fingerprint density at radius 3 is 2.71 bits per heavy atom. The molecule has 1 unspecified atom stereocenters. The molecule has 1 aromatic rings. The van der Waals surface area contributed by atoms with Crippen LogP contribution in [0.2, 0.25) is 0 Å². The second-order valence-electron chi connectivity index (χ2n) is 4.24. The molecule has 3 heteroatoms. The molecule has 2 N–H and O–H groups in total. The van der Waals surface area contributed by atoms with Crippen LogP contribution in [0, 0.1) is 5.92 Å². The summed E-state index contributed by atoms with van der Waals surface area (Å²) in [5.74, 6) is -0.222. The van der Waals surface area contributed by atoms with E-state index in [0.29, 0.717) is 19.6 Å². The molecule has 0 fully saturated rings. The lowest BCUT2D eigenvalue weighted by molar-refractivity contribution is -0.148. The Morgan fingerprint density at radius 2 is 2.06 bits per heavy atom. The lowest BCUT2D eigenvalue weighted by Crippen LogP contribution is -2.18. The molecule has 0 aliphatic rings. The fourth-order valence-electron chi connectivity index (χ4n) is 1.60. The molecule has 0 saturated heterocycles. The number of carbonyl (C=O) groups excluding carboxylic acids is 1. The summed E-state index contributed by atoms with van der Waals surface area (Å²) in [6.45, 7) is 2.87. The molecule has 94 valence electrons. The van der Waals surface area contributed by atoms with E-state index in [9.17, 15) is 4.79 Å². The first-order chi connectivity index (χ1) is 8.24. The fraction of sp³-hybridized carbons (Fsp3) is 0.500. The number of aryl methyl sites for hydroxylation is 1. The van der Waals surface area contributed by atoms with Gasteiger partial charge in [0.25, 0.3) is 0 Å². The van der Waals surface area contributed by atoms with E-state index in [1.54, 1.807) is 0 Å². The summed E-state index contributed by atoms with van der Waals surface area (Å²) < 4.78 is 5.18. The van der Waals surface area contributed by atoms with Crippen molar-refractivity contribution in [1.29, 1.82) is 0 Å². The third kappa shape index (κ3) is 5.50. The van der Waals surface area contributed by atoms with Gasteiger partial charge in [-0.25, -0.2) is 0 Å². The molecule has 0 aliphatic heterocycles. The van der Waals surface area contributed by atoms with Crippen molar-refractivity contribution in [2.24, 2.45) is 11.7 Å². The van der Waals surface area contributed by atoms with E-state index in [0.717, 1.165) is 12.8 Å². The molecule has 0 amide bonds. The van der Waals surface area contributed by atoms with Crippen molar-refractivity contribution in [1.82, 2.24) is 0 Å². The van der Waals surface area contributed by atoms with Gasteiger partial charge < -0.3 is 10.5 Å². The lowest BCUT2D eigenvalue weighted by atomic mass is 10.1. The van der Waals surface area contributed by atoms with Crippen molar-refractivity contribution < 1.29 is 9.53 Å². The molecule has 0 radical (unpaired) electrons. The van der Waals surface area contributed by atoms with Crippen LogP contribution < -0.4 is 5.73 Å². The fourth-order valence-corrected chi connectivity index (χ4v) is 1.60. The summed E-state index contributed by atoms with van der Waals surface area (Å²) in [6, 6.07) is 10.2. The largest absolute Gasteiger partial charge is 0.465 e. The molecular weight excluding hydrogens is 214 g/mol. The zero-order valence-corrected chi connectivity index (χ0v) is 10.4. The van der Waals surface area contributed by atoms with E-state index >= 15 is 0 Å². The molecule has 0 aromatic heterocycles. The van der Waals surface area contributed by atoms with Crippen LogP contribution >= 0.6 is 0 Å². The molecule has 1 rings (SSSR count). The van der Waals surface area contributed by atoms with Crippen LogP contribution in [0.1, 0.15) is 25.3 Å². The Balaban J connectivity index is 2.14. The van der Waals surface area contributed by atoms with E-state index < -0.39 is 0 Å². The van der Waals surface area contributed by atoms with Crippen molar-refractivity contribution in [3.05, 3.63) is 35.9 Å². The van der Waals surface area contributed by atoms with Crippen molar-refractivity contribution in [2.75, 3.05) is 13.2 Å². The second-order valence-corrected chi connectivity index (χ2v) is 4.24. The van der Waals surface area contributed by atoms with Crippen LogP contribution in [-0.2, 0) is 16.0 Å². The summed E-state index contributed by atoms with van der Waals surface area (Å²) in [5, 5.41) is 0. The molecule has 0 bridgehead atoms. The van der Waals surface area contributed by atoms with Gasteiger partial charge in [0.2, 0.25) is 0 Å². The Kier molecular flexibility index (Phi) is 6.33. The third-order valence-corrected chi connectivity index (χ3v) is 2.70. The van der Waals surface area contributed by atoms with Crippen molar-refractivity contribution >= 4 is 5.97 Å². The van der Waals surface area contributed by atoms with Crippen LogP contribution in [0.25, 0.3) is 0 Å². The first-order valence-electron chi connectivity index (χ1n) is 6.14. The Hall–Kier alpha value is -1.35. The van der Waals surface area contributed by atoms with E-state index in [4.69, 9.17) is 10.5 Å². The smallest absolute Gasteiger partial charge is 0.308 e. The van der Waals surface area contributed by atoms with Gasteiger partial charge in [0.05, 0.1) is 12.5 Å². The highest BCUT2D eigenvalue weighted by atomic mass is 16.5. The molecule has 0 saturated carbocycles. The SMILES string of the molecule is CC(CCN)C(=O)OCCCc1ccccc1. The number of rotatable bonds is 7. The van der Waals surface area contributed by atoms with Gasteiger partial charge in [-0.3, -0.25) is 4.79 Å². The Bertz CT molecular complexity index is 324. The zero-order chi connectivity index (χ0) is 12.5. The summed E-state index contributed by atoms with van der Waals surface area (Å²) in [7, 11) is 0. The van der Waals surface area contributed by atoms with Crippen molar-refractivity contribution in [2.45, 2.75) is 26.2 Å². The molecule has 0 spiro atoms. The minimum atomic E-state index is -0.136. The second kappa shape index (κ2) is 7.85. The highest BCUT2D eigenvalue weighted by molar-refractivity contribution is 5.71. The van der Waals surface area contributed by atoms with Gasteiger partial charge in [0.1, 0.15) is 0 Å². The van der Waals surface area contributed by atoms with Crippen LogP contribution in [0.4, 0.5) is 0 Å². The summed E-state index contributed by atoms with van der Waals surface area (Å²) >= 11 is 0. The lowest BCUT2D eigenvalue weighted by Gasteiger charge is -2.10. The summed E-state index contributed by atoms with van der Waals surface area (Å²) in [5.41, 5.74) is 6.67. The first-order valence-corrected chi connectivity index (χ1v) is 6.14. The molecule has 0 heterocycles. The number of hydrogen-bond acceptors (Lipinski definition) is 3.